The zero-order chi connectivity index (χ0) is 12.3. The van der Waals surface area contributed by atoms with Crippen molar-refractivity contribution < 1.29 is 5.11 Å². The number of halogens is 1. The topological polar surface area (TPSA) is 72.5 Å². The molecule has 1 aliphatic rings. The molecule has 0 amide bonds. The van der Waals surface area contributed by atoms with Gasteiger partial charge in [0, 0.05) is 32.7 Å². The standard InChI is InChI=1S/C10H15ClN4O2/c11-9-8(7-12-13-10(9)17)15-3-1-14(2-4-15)5-6-16/h7,16H,1-6H2,(H,13,17). The molecule has 0 saturated carbocycles. The minimum atomic E-state index is -0.359. The highest BCUT2D eigenvalue weighted by Gasteiger charge is 2.19. The Kier molecular flexibility index (Phi) is 3.98. The van der Waals surface area contributed by atoms with Crippen LogP contribution in [0.15, 0.2) is 11.0 Å². The summed E-state index contributed by atoms with van der Waals surface area (Å²) in [7, 11) is 0. The van der Waals surface area contributed by atoms with Crippen LogP contribution in [-0.4, -0.2) is 59.5 Å². The molecule has 0 unspecified atom stereocenters. The first kappa shape index (κ1) is 12.3. The van der Waals surface area contributed by atoms with Crippen molar-refractivity contribution in [2.75, 3.05) is 44.2 Å². The van der Waals surface area contributed by atoms with Gasteiger partial charge in [0.15, 0.2) is 0 Å². The summed E-state index contributed by atoms with van der Waals surface area (Å²) in [6, 6.07) is 0. The number of β-amino-alcohol motifs (C(OH)–C–C–N with tert-alkyl or cyclic N) is 1. The lowest BCUT2D eigenvalue weighted by Crippen LogP contribution is -2.47. The van der Waals surface area contributed by atoms with Gasteiger partial charge in [-0.2, -0.15) is 5.10 Å². The first-order valence-corrected chi connectivity index (χ1v) is 5.91. The molecule has 1 aromatic heterocycles. The average molecular weight is 259 g/mol. The Bertz CT molecular complexity index is 429. The van der Waals surface area contributed by atoms with Crippen LogP contribution >= 0.6 is 11.6 Å². The van der Waals surface area contributed by atoms with Crippen LogP contribution in [0, 0.1) is 0 Å². The van der Waals surface area contributed by atoms with E-state index in [1.165, 1.54) is 0 Å². The normalized spacial score (nSPS) is 17.4. The fourth-order valence-corrected chi connectivity index (χ4v) is 2.16. The first-order valence-electron chi connectivity index (χ1n) is 5.53. The van der Waals surface area contributed by atoms with Crippen LogP contribution in [0.25, 0.3) is 0 Å². The van der Waals surface area contributed by atoms with Crippen molar-refractivity contribution in [3.63, 3.8) is 0 Å². The Balaban J connectivity index is 2.05. The van der Waals surface area contributed by atoms with Crippen molar-refractivity contribution in [3.8, 4) is 0 Å². The zero-order valence-electron chi connectivity index (χ0n) is 9.40. The fraction of sp³-hybridized carbons (Fsp3) is 0.600. The highest BCUT2D eigenvalue weighted by atomic mass is 35.5. The number of hydrogen-bond acceptors (Lipinski definition) is 5. The number of hydrogen-bond donors (Lipinski definition) is 2. The van der Waals surface area contributed by atoms with Crippen LogP contribution in [0.2, 0.25) is 5.02 Å². The summed E-state index contributed by atoms with van der Waals surface area (Å²) in [5.41, 5.74) is 0.320. The second-order valence-corrected chi connectivity index (χ2v) is 4.33. The number of aromatic amines is 1. The molecule has 2 rings (SSSR count). The van der Waals surface area contributed by atoms with Crippen LogP contribution < -0.4 is 10.5 Å². The highest BCUT2D eigenvalue weighted by molar-refractivity contribution is 6.32. The van der Waals surface area contributed by atoms with E-state index in [-0.39, 0.29) is 17.2 Å². The van der Waals surface area contributed by atoms with E-state index in [4.69, 9.17) is 16.7 Å². The molecule has 0 radical (unpaired) electrons. The number of H-pyrrole nitrogens is 1. The van der Waals surface area contributed by atoms with Crippen molar-refractivity contribution in [2.45, 2.75) is 0 Å². The molecule has 2 N–H and O–H groups in total. The van der Waals surface area contributed by atoms with Gasteiger partial charge in [-0.05, 0) is 0 Å². The Morgan fingerprint density at radius 3 is 2.76 bits per heavy atom. The summed E-state index contributed by atoms with van der Waals surface area (Å²) in [4.78, 5) is 15.5. The first-order chi connectivity index (χ1) is 8.22. The van der Waals surface area contributed by atoms with Gasteiger partial charge in [0.25, 0.3) is 5.56 Å². The number of aromatic nitrogens is 2. The molecule has 1 aliphatic heterocycles. The average Bonchev–Trinajstić information content (AvgIpc) is 2.34. The lowest BCUT2D eigenvalue weighted by molar-refractivity contribution is 0.189. The maximum absolute atomic E-state index is 11.3. The monoisotopic (exact) mass is 258 g/mol. The fourth-order valence-electron chi connectivity index (χ4n) is 1.95. The van der Waals surface area contributed by atoms with Gasteiger partial charge < -0.3 is 10.0 Å². The van der Waals surface area contributed by atoms with Crippen LogP contribution in [0.3, 0.4) is 0 Å². The summed E-state index contributed by atoms with van der Waals surface area (Å²) in [5, 5.41) is 15.1. The van der Waals surface area contributed by atoms with Crippen LogP contribution in [0.5, 0.6) is 0 Å². The third kappa shape index (κ3) is 2.77. The molecule has 17 heavy (non-hydrogen) atoms. The van der Waals surface area contributed by atoms with Gasteiger partial charge in [0.2, 0.25) is 0 Å². The molecule has 0 aliphatic carbocycles. The molecule has 0 aromatic carbocycles. The smallest absolute Gasteiger partial charge is 0.285 e. The molecular formula is C10H15ClN4O2. The summed E-state index contributed by atoms with van der Waals surface area (Å²) < 4.78 is 0. The molecule has 6 nitrogen and oxygen atoms in total. The third-order valence-corrected chi connectivity index (χ3v) is 3.27. The molecule has 1 aromatic rings. The van der Waals surface area contributed by atoms with Crippen molar-refractivity contribution in [1.29, 1.82) is 0 Å². The second-order valence-electron chi connectivity index (χ2n) is 3.95. The van der Waals surface area contributed by atoms with Crippen molar-refractivity contribution in [2.24, 2.45) is 0 Å². The molecule has 0 atom stereocenters. The van der Waals surface area contributed by atoms with Gasteiger partial charge in [0.05, 0.1) is 18.5 Å². The zero-order valence-corrected chi connectivity index (χ0v) is 10.2. The second kappa shape index (κ2) is 5.48. The minimum Gasteiger partial charge on any atom is -0.395 e. The summed E-state index contributed by atoms with van der Waals surface area (Å²) in [6.07, 6.45) is 1.57. The molecule has 1 saturated heterocycles. The van der Waals surface area contributed by atoms with Gasteiger partial charge in [-0.15, -0.1) is 0 Å². The number of rotatable bonds is 3. The van der Waals surface area contributed by atoms with Crippen molar-refractivity contribution in [3.05, 3.63) is 21.6 Å². The molecule has 0 bridgehead atoms. The number of nitrogens with one attached hydrogen (secondary N) is 1. The van der Waals surface area contributed by atoms with Gasteiger partial charge in [-0.25, -0.2) is 5.10 Å². The maximum Gasteiger partial charge on any atom is 0.285 e. The molecule has 1 fully saturated rings. The number of nitrogens with zero attached hydrogens (tertiary/aromatic N) is 3. The summed E-state index contributed by atoms with van der Waals surface area (Å²) in [5.74, 6) is 0. The van der Waals surface area contributed by atoms with E-state index in [1.54, 1.807) is 6.20 Å². The number of aliphatic hydroxyl groups excluding tert-OH is 1. The predicted molar refractivity (Wildman–Crippen MR) is 65.6 cm³/mol. The number of piperazine rings is 1. The quantitative estimate of drug-likeness (QED) is 0.768. The SMILES string of the molecule is O=c1[nH]ncc(N2CCN(CCO)CC2)c1Cl. The van der Waals surface area contributed by atoms with E-state index in [0.29, 0.717) is 12.2 Å². The predicted octanol–water partition coefficient (Wildman–Crippen LogP) is -0.462. The van der Waals surface area contributed by atoms with Gasteiger partial charge in [-0.1, -0.05) is 11.6 Å². The van der Waals surface area contributed by atoms with Crippen molar-refractivity contribution in [1.82, 2.24) is 15.1 Å². The summed E-state index contributed by atoms with van der Waals surface area (Å²) in [6.45, 7) is 4.13. The lowest BCUT2D eigenvalue weighted by atomic mass is 10.3. The van der Waals surface area contributed by atoms with Crippen LogP contribution in [-0.2, 0) is 0 Å². The Labute approximate surface area is 104 Å². The maximum atomic E-state index is 11.3. The Hall–Kier alpha value is -1.11. The minimum absolute atomic E-state index is 0.174. The molecule has 2 heterocycles. The van der Waals surface area contributed by atoms with E-state index < -0.39 is 0 Å². The largest absolute Gasteiger partial charge is 0.395 e. The van der Waals surface area contributed by atoms with Crippen LogP contribution in [0.4, 0.5) is 5.69 Å². The molecule has 7 heteroatoms. The Morgan fingerprint density at radius 2 is 2.12 bits per heavy atom. The number of anilines is 1. The number of aliphatic hydroxyl groups is 1. The third-order valence-electron chi connectivity index (χ3n) is 2.91. The molecular weight excluding hydrogens is 244 g/mol. The van der Waals surface area contributed by atoms with E-state index in [2.05, 4.69) is 15.1 Å². The summed E-state index contributed by atoms with van der Waals surface area (Å²) >= 11 is 5.95. The molecule has 0 spiro atoms. The van der Waals surface area contributed by atoms with Gasteiger partial charge in [0.1, 0.15) is 5.02 Å². The highest BCUT2D eigenvalue weighted by Crippen LogP contribution is 2.21. The van der Waals surface area contributed by atoms with E-state index in [9.17, 15) is 4.79 Å². The van der Waals surface area contributed by atoms with Crippen LogP contribution in [0.1, 0.15) is 0 Å². The van der Waals surface area contributed by atoms with E-state index in [1.807, 2.05) is 4.90 Å². The van der Waals surface area contributed by atoms with E-state index >= 15 is 0 Å². The lowest BCUT2D eigenvalue weighted by Gasteiger charge is -2.35. The Morgan fingerprint density at radius 1 is 1.41 bits per heavy atom. The van der Waals surface area contributed by atoms with Gasteiger partial charge in [-0.3, -0.25) is 9.69 Å². The molecule has 94 valence electrons. The van der Waals surface area contributed by atoms with Crippen molar-refractivity contribution >= 4 is 17.3 Å². The van der Waals surface area contributed by atoms with Gasteiger partial charge >= 0.3 is 0 Å². The van der Waals surface area contributed by atoms with E-state index in [0.717, 1.165) is 26.2 Å².